The van der Waals surface area contributed by atoms with Crippen molar-refractivity contribution in [3.05, 3.63) is 16.5 Å². The van der Waals surface area contributed by atoms with Gasteiger partial charge in [0.2, 0.25) is 0 Å². The highest BCUT2D eigenvalue weighted by molar-refractivity contribution is 9.10. The number of rotatable bonds is 6. The Morgan fingerprint density at radius 2 is 2.00 bits per heavy atom. The van der Waals surface area contributed by atoms with Gasteiger partial charge in [0, 0.05) is 26.1 Å². The molecule has 0 aliphatic heterocycles. The summed E-state index contributed by atoms with van der Waals surface area (Å²) in [4.78, 5) is 11.0. The van der Waals surface area contributed by atoms with Crippen molar-refractivity contribution < 1.29 is 0 Å². The first kappa shape index (κ1) is 13.4. The molecule has 0 spiro atoms. The molecule has 0 saturated carbocycles. The van der Waals surface area contributed by atoms with E-state index in [0.717, 1.165) is 29.2 Å². The minimum atomic E-state index is 0.870. The van der Waals surface area contributed by atoms with E-state index in [1.165, 1.54) is 19.3 Å². The number of aromatic nitrogens is 2. The van der Waals surface area contributed by atoms with E-state index in [1.54, 1.807) is 0 Å². The van der Waals surface area contributed by atoms with Crippen LogP contribution in [0.25, 0.3) is 0 Å². The highest BCUT2D eigenvalue weighted by Crippen LogP contribution is 2.16. The molecule has 0 aliphatic carbocycles. The van der Waals surface area contributed by atoms with E-state index in [0.29, 0.717) is 0 Å². The van der Waals surface area contributed by atoms with Crippen molar-refractivity contribution in [3.63, 3.8) is 0 Å². The van der Waals surface area contributed by atoms with Gasteiger partial charge in [-0.1, -0.05) is 26.7 Å². The lowest BCUT2D eigenvalue weighted by molar-refractivity contribution is 0.699. The summed E-state index contributed by atoms with van der Waals surface area (Å²) in [5, 5.41) is 0. The topological polar surface area (TPSA) is 29.0 Å². The van der Waals surface area contributed by atoms with Crippen molar-refractivity contribution in [2.24, 2.45) is 0 Å². The van der Waals surface area contributed by atoms with Gasteiger partial charge in [0.15, 0.2) is 0 Å². The van der Waals surface area contributed by atoms with Crippen molar-refractivity contribution in [2.75, 3.05) is 18.5 Å². The predicted octanol–water partition coefficient (Wildman–Crippen LogP) is 3.43. The molecule has 0 bridgehead atoms. The van der Waals surface area contributed by atoms with E-state index in [4.69, 9.17) is 0 Å². The van der Waals surface area contributed by atoms with Crippen LogP contribution in [-0.2, 0) is 6.42 Å². The van der Waals surface area contributed by atoms with Crippen molar-refractivity contribution in [1.82, 2.24) is 9.97 Å². The predicted molar refractivity (Wildman–Crippen MR) is 71.9 cm³/mol. The number of hydrogen-bond acceptors (Lipinski definition) is 3. The monoisotopic (exact) mass is 285 g/mol. The van der Waals surface area contributed by atoms with Crippen LogP contribution < -0.4 is 4.90 Å². The SMILES string of the molecule is CCCCCN(C)c1cc(Br)nc(CC)n1. The number of nitrogens with zero attached hydrogens (tertiary/aromatic N) is 3. The largest absolute Gasteiger partial charge is 0.360 e. The molecule has 90 valence electrons. The van der Waals surface area contributed by atoms with Crippen LogP contribution in [0.4, 0.5) is 5.82 Å². The zero-order chi connectivity index (χ0) is 12.0. The normalized spacial score (nSPS) is 10.5. The Morgan fingerprint density at radius 3 is 2.62 bits per heavy atom. The van der Waals surface area contributed by atoms with E-state index in [-0.39, 0.29) is 0 Å². The molecule has 0 saturated heterocycles. The molecule has 0 N–H and O–H groups in total. The third-order valence-electron chi connectivity index (χ3n) is 2.53. The fourth-order valence-electron chi connectivity index (χ4n) is 1.52. The van der Waals surface area contributed by atoms with Gasteiger partial charge in [-0.05, 0) is 22.4 Å². The lowest BCUT2D eigenvalue weighted by Crippen LogP contribution is -2.20. The molecule has 0 fully saturated rings. The third-order valence-corrected chi connectivity index (χ3v) is 2.94. The summed E-state index contributed by atoms with van der Waals surface area (Å²) >= 11 is 3.43. The zero-order valence-electron chi connectivity index (χ0n) is 10.3. The molecule has 1 rings (SSSR count). The van der Waals surface area contributed by atoms with Gasteiger partial charge in [0.1, 0.15) is 16.2 Å². The average Bonchev–Trinajstić information content (AvgIpc) is 2.28. The van der Waals surface area contributed by atoms with E-state index in [2.05, 4.69) is 51.7 Å². The van der Waals surface area contributed by atoms with E-state index in [1.807, 2.05) is 6.07 Å². The summed E-state index contributed by atoms with van der Waals surface area (Å²) in [6, 6.07) is 1.98. The highest BCUT2D eigenvalue weighted by atomic mass is 79.9. The summed E-state index contributed by atoms with van der Waals surface area (Å²) in [6.07, 6.45) is 4.62. The maximum atomic E-state index is 4.52. The van der Waals surface area contributed by atoms with Gasteiger partial charge in [0.05, 0.1) is 0 Å². The summed E-state index contributed by atoms with van der Waals surface area (Å²) in [5.74, 6) is 1.90. The number of unbranched alkanes of at least 4 members (excludes halogenated alkanes) is 2. The standard InChI is InChI=1S/C12H20BrN3/c1-4-6-7-8-16(3)12-9-10(13)14-11(5-2)15-12/h9H,4-8H2,1-3H3. The highest BCUT2D eigenvalue weighted by Gasteiger charge is 2.05. The second kappa shape index (κ2) is 6.84. The summed E-state index contributed by atoms with van der Waals surface area (Å²) in [5.41, 5.74) is 0. The zero-order valence-corrected chi connectivity index (χ0v) is 11.9. The van der Waals surface area contributed by atoms with E-state index < -0.39 is 0 Å². The quantitative estimate of drug-likeness (QED) is 0.592. The second-order valence-corrected chi connectivity index (χ2v) is 4.76. The van der Waals surface area contributed by atoms with Crippen LogP contribution in [0, 0.1) is 0 Å². The number of hydrogen-bond donors (Lipinski definition) is 0. The molecule has 0 aromatic carbocycles. The fraction of sp³-hybridized carbons (Fsp3) is 0.667. The fourth-order valence-corrected chi connectivity index (χ4v) is 1.93. The minimum absolute atomic E-state index is 0.870. The maximum absolute atomic E-state index is 4.52. The van der Waals surface area contributed by atoms with Gasteiger partial charge < -0.3 is 4.90 Å². The Hall–Kier alpha value is -0.640. The Balaban J connectivity index is 2.66. The van der Waals surface area contributed by atoms with Crippen LogP contribution in [-0.4, -0.2) is 23.6 Å². The molecule has 0 atom stereocenters. The number of halogens is 1. The molecule has 0 aliphatic rings. The smallest absolute Gasteiger partial charge is 0.133 e. The first-order chi connectivity index (χ1) is 7.67. The van der Waals surface area contributed by atoms with Crippen LogP contribution in [0.5, 0.6) is 0 Å². The van der Waals surface area contributed by atoms with Crippen LogP contribution in [0.15, 0.2) is 10.7 Å². The van der Waals surface area contributed by atoms with Gasteiger partial charge in [-0.25, -0.2) is 9.97 Å². The Labute approximate surface area is 106 Å². The molecule has 3 nitrogen and oxygen atoms in total. The molecular weight excluding hydrogens is 266 g/mol. The van der Waals surface area contributed by atoms with Crippen LogP contribution in [0.2, 0.25) is 0 Å². The van der Waals surface area contributed by atoms with Crippen LogP contribution >= 0.6 is 15.9 Å². The van der Waals surface area contributed by atoms with E-state index in [9.17, 15) is 0 Å². The molecule has 0 unspecified atom stereocenters. The molecule has 1 heterocycles. The Bertz CT molecular complexity index is 328. The van der Waals surface area contributed by atoms with Gasteiger partial charge in [-0.15, -0.1) is 0 Å². The minimum Gasteiger partial charge on any atom is -0.360 e. The molecule has 1 aromatic rings. The maximum Gasteiger partial charge on any atom is 0.133 e. The first-order valence-electron chi connectivity index (χ1n) is 5.92. The van der Waals surface area contributed by atoms with E-state index >= 15 is 0 Å². The lowest BCUT2D eigenvalue weighted by atomic mass is 10.2. The number of aryl methyl sites for hydroxylation is 1. The third kappa shape index (κ3) is 4.08. The lowest BCUT2D eigenvalue weighted by Gasteiger charge is -2.18. The van der Waals surface area contributed by atoms with Crippen molar-refractivity contribution in [2.45, 2.75) is 39.5 Å². The second-order valence-electron chi connectivity index (χ2n) is 3.95. The summed E-state index contributed by atoms with van der Waals surface area (Å²) in [6.45, 7) is 5.35. The average molecular weight is 286 g/mol. The Kier molecular flexibility index (Phi) is 5.74. The molecule has 0 radical (unpaired) electrons. The van der Waals surface area contributed by atoms with Gasteiger partial charge in [0.25, 0.3) is 0 Å². The summed E-state index contributed by atoms with van der Waals surface area (Å²) in [7, 11) is 2.09. The molecular formula is C12H20BrN3. The van der Waals surface area contributed by atoms with Crippen LogP contribution in [0.3, 0.4) is 0 Å². The number of anilines is 1. The molecule has 0 amide bonds. The van der Waals surface area contributed by atoms with Gasteiger partial charge in [-0.2, -0.15) is 0 Å². The summed E-state index contributed by atoms with van der Waals surface area (Å²) < 4.78 is 0.872. The van der Waals surface area contributed by atoms with Crippen molar-refractivity contribution >= 4 is 21.7 Å². The molecule has 16 heavy (non-hydrogen) atoms. The van der Waals surface area contributed by atoms with Crippen LogP contribution in [0.1, 0.15) is 38.9 Å². The van der Waals surface area contributed by atoms with Gasteiger partial charge >= 0.3 is 0 Å². The molecule has 4 heteroatoms. The van der Waals surface area contributed by atoms with Crippen molar-refractivity contribution in [3.8, 4) is 0 Å². The first-order valence-corrected chi connectivity index (χ1v) is 6.71. The van der Waals surface area contributed by atoms with Gasteiger partial charge in [-0.3, -0.25) is 0 Å². The Morgan fingerprint density at radius 1 is 1.25 bits per heavy atom. The molecule has 1 aromatic heterocycles. The van der Waals surface area contributed by atoms with Crippen molar-refractivity contribution in [1.29, 1.82) is 0 Å².